The van der Waals surface area contributed by atoms with Gasteiger partial charge in [-0.15, -0.1) is 0 Å². The quantitative estimate of drug-likeness (QED) is 0.814. The first kappa shape index (κ1) is 14.0. The second-order valence-electron chi connectivity index (χ2n) is 4.97. The summed E-state index contributed by atoms with van der Waals surface area (Å²) >= 11 is 6.19. The lowest BCUT2D eigenvalue weighted by molar-refractivity contribution is 0.292. The molecule has 1 saturated carbocycles. The Bertz CT molecular complexity index is 418. The molecule has 1 fully saturated rings. The van der Waals surface area contributed by atoms with Crippen molar-refractivity contribution >= 4 is 22.4 Å². The third kappa shape index (κ3) is 3.81. The Kier molecular flexibility index (Phi) is 5.22. The van der Waals surface area contributed by atoms with E-state index in [4.69, 9.17) is 11.6 Å². The lowest BCUT2D eigenvalue weighted by Gasteiger charge is -2.36. The zero-order chi connectivity index (χ0) is 13.0. The van der Waals surface area contributed by atoms with E-state index in [2.05, 4.69) is 17.4 Å². The molecule has 0 amide bonds. The summed E-state index contributed by atoms with van der Waals surface area (Å²) in [4.78, 5) is 0. The first-order chi connectivity index (χ1) is 8.66. The van der Waals surface area contributed by atoms with Crippen LogP contribution in [0.5, 0.6) is 0 Å². The number of benzene rings is 1. The van der Waals surface area contributed by atoms with Crippen LogP contribution in [0.15, 0.2) is 24.3 Å². The third-order valence-electron chi connectivity index (χ3n) is 3.52. The lowest BCUT2D eigenvalue weighted by atomic mass is 9.76. The summed E-state index contributed by atoms with van der Waals surface area (Å²) in [5.74, 6) is 1.41. The van der Waals surface area contributed by atoms with E-state index >= 15 is 0 Å². The van der Waals surface area contributed by atoms with Gasteiger partial charge in [-0.05, 0) is 43.4 Å². The minimum atomic E-state index is -0.661. The fourth-order valence-electron chi connectivity index (χ4n) is 2.43. The highest BCUT2D eigenvalue weighted by Crippen LogP contribution is 2.39. The van der Waals surface area contributed by atoms with Crippen LogP contribution < -0.4 is 5.32 Å². The maximum Gasteiger partial charge on any atom is 0.0440 e. The van der Waals surface area contributed by atoms with E-state index in [9.17, 15) is 4.21 Å². The number of hydrogen-bond acceptors (Lipinski definition) is 2. The van der Waals surface area contributed by atoms with Crippen molar-refractivity contribution in [2.45, 2.75) is 31.2 Å². The highest BCUT2D eigenvalue weighted by Gasteiger charge is 2.30. The van der Waals surface area contributed by atoms with E-state index in [0.29, 0.717) is 12.0 Å². The van der Waals surface area contributed by atoms with Crippen molar-refractivity contribution in [3.8, 4) is 0 Å². The van der Waals surface area contributed by atoms with Crippen molar-refractivity contribution in [1.29, 1.82) is 0 Å². The molecule has 2 nitrogen and oxygen atoms in total. The fraction of sp³-hybridized carbons (Fsp3) is 0.571. The molecule has 1 aliphatic carbocycles. The monoisotopic (exact) mass is 285 g/mol. The van der Waals surface area contributed by atoms with E-state index < -0.39 is 10.8 Å². The lowest BCUT2D eigenvalue weighted by Crippen LogP contribution is -2.40. The van der Waals surface area contributed by atoms with Gasteiger partial charge in [0.1, 0.15) is 0 Å². The summed E-state index contributed by atoms with van der Waals surface area (Å²) < 4.78 is 10.9. The van der Waals surface area contributed by atoms with E-state index in [1.807, 2.05) is 12.1 Å². The molecular formula is C14H20ClNOS. The van der Waals surface area contributed by atoms with Crippen LogP contribution in [-0.2, 0) is 10.8 Å². The van der Waals surface area contributed by atoms with E-state index in [-0.39, 0.29) is 0 Å². The summed E-state index contributed by atoms with van der Waals surface area (Å²) in [7, 11) is -0.661. The van der Waals surface area contributed by atoms with Crippen LogP contribution in [0.25, 0.3) is 0 Å². The van der Waals surface area contributed by atoms with Gasteiger partial charge < -0.3 is 5.32 Å². The van der Waals surface area contributed by atoms with Gasteiger partial charge in [-0.3, -0.25) is 4.21 Å². The van der Waals surface area contributed by atoms with Gasteiger partial charge in [-0.2, -0.15) is 0 Å². The molecule has 1 atom stereocenters. The number of hydrogen-bond donors (Lipinski definition) is 1. The summed E-state index contributed by atoms with van der Waals surface area (Å²) in [5.41, 5.74) is 1.28. The Labute approximate surface area is 117 Å². The van der Waals surface area contributed by atoms with E-state index in [1.165, 1.54) is 18.4 Å². The highest BCUT2D eigenvalue weighted by atomic mass is 35.5. The van der Waals surface area contributed by atoms with E-state index in [1.54, 1.807) is 6.26 Å². The molecular weight excluding hydrogens is 266 g/mol. The number of nitrogens with one attached hydrogen (secondary N) is 1. The normalized spacial score (nSPS) is 24.6. The SMILES string of the molecule is CS(=O)CCCNC1CC(c2ccccc2Cl)C1. The minimum Gasteiger partial charge on any atom is -0.314 e. The van der Waals surface area contributed by atoms with Crippen molar-refractivity contribution in [3.63, 3.8) is 0 Å². The molecule has 18 heavy (non-hydrogen) atoms. The molecule has 1 unspecified atom stereocenters. The third-order valence-corrected chi connectivity index (χ3v) is 4.73. The van der Waals surface area contributed by atoms with Gasteiger partial charge in [0.15, 0.2) is 0 Å². The first-order valence-corrected chi connectivity index (χ1v) is 8.55. The van der Waals surface area contributed by atoms with Gasteiger partial charge in [0.2, 0.25) is 0 Å². The number of halogens is 1. The molecule has 0 heterocycles. The molecule has 0 radical (unpaired) electrons. The van der Waals surface area contributed by atoms with Crippen molar-refractivity contribution in [3.05, 3.63) is 34.9 Å². The predicted octanol–water partition coefficient (Wildman–Crippen LogP) is 2.94. The van der Waals surface area contributed by atoms with Crippen LogP contribution in [0.1, 0.15) is 30.7 Å². The zero-order valence-electron chi connectivity index (χ0n) is 10.7. The Hall–Kier alpha value is -0.380. The maximum atomic E-state index is 10.9. The van der Waals surface area contributed by atoms with Crippen LogP contribution in [0.2, 0.25) is 5.02 Å². The Morgan fingerprint density at radius 2 is 2.11 bits per heavy atom. The maximum absolute atomic E-state index is 10.9. The second-order valence-corrected chi connectivity index (χ2v) is 6.93. The summed E-state index contributed by atoms with van der Waals surface area (Å²) in [5, 5.41) is 4.41. The van der Waals surface area contributed by atoms with Crippen LogP contribution in [0.4, 0.5) is 0 Å². The second kappa shape index (κ2) is 6.69. The van der Waals surface area contributed by atoms with E-state index in [0.717, 1.165) is 23.7 Å². The largest absolute Gasteiger partial charge is 0.314 e. The summed E-state index contributed by atoms with van der Waals surface area (Å²) in [6.07, 6.45) is 5.09. The van der Waals surface area contributed by atoms with Crippen molar-refractivity contribution in [2.75, 3.05) is 18.6 Å². The first-order valence-electron chi connectivity index (χ1n) is 6.44. The van der Waals surface area contributed by atoms with Crippen LogP contribution >= 0.6 is 11.6 Å². The zero-order valence-corrected chi connectivity index (χ0v) is 12.3. The topological polar surface area (TPSA) is 29.1 Å². The van der Waals surface area contributed by atoms with Gasteiger partial charge >= 0.3 is 0 Å². The molecule has 0 aliphatic heterocycles. The Morgan fingerprint density at radius 1 is 1.39 bits per heavy atom. The van der Waals surface area contributed by atoms with Gasteiger partial charge in [0.05, 0.1) is 0 Å². The Morgan fingerprint density at radius 3 is 2.78 bits per heavy atom. The average molecular weight is 286 g/mol. The van der Waals surface area contributed by atoms with Crippen LogP contribution in [0.3, 0.4) is 0 Å². The summed E-state index contributed by atoms with van der Waals surface area (Å²) in [6, 6.07) is 8.73. The average Bonchev–Trinajstić information content (AvgIpc) is 2.28. The summed E-state index contributed by atoms with van der Waals surface area (Å²) in [6.45, 7) is 0.972. The van der Waals surface area contributed by atoms with Crippen molar-refractivity contribution < 1.29 is 4.21 Å². The van der Waals surface area contributed by atoms with Gasteiger partial charge in [-0.1, -0.05) is 29.8 Å². The molecule has 1 aliphatic rings. The predicted molar refractivity (Wildman–Crippen MR) is 78.8 cm³/mol. The molecule has 0 spiro atoms. The number of rotatable bonds is 6. The standard InChI is InChI=1S/C14H20ClNOS/c1-18(17)8-4-7-16-12-9-11(10-12)13-5-2-3-6-14(13)15/h2-3,5-6,11-12,16H,4,7-10H2,1H3. The van der Waals surface area contributed by atoms with Crippen molar-refractivity contribution in [1.82, 2.24) is 5.32 Å². The molecule has 0 bridgehead atoms. The molecule has 0 aromatic heterocycles. The molecule has 1 N–H and O–H groups in total. The highest BCUT2D eigenvalue weighted by molar-refractivity contribution is 7.84. The van der Waals surface area contributed by atoms with Crippen molar-refractivity contribution in [2.24, 2.45) is 0 Å². The van der Waals surface area contributed by atoms with Gasteiger partial charge in [0, 0.05) is 33.9 Å². The molecule has 0 saturated heterocycles. The van der Waals surface area contributed by atoms with Gasteiger partial charge in [0.25, 0.3) is 0 Å². The minimum absolute atomic E-state index is 0.608. The molecule has 1 aromatic rings. The molecule has 1 aromatic carbocycles. The molecule has 100 valence electrons. The van der Waals surface area contributed by atoms with Crippen LogP contribution in [0, 0.1) is 0 Å². The van der Waals surface area contributed by atoms with Crippen LogP contribution in [-0.4, -0.2) is 28.8 Å². The smallest absolute Gasteiger partial charge is 0.0440 e. The molecule has 4 heteroatoms. The van der Waals surface area contributed by atoms with Gasteiger partial charge in [-0.25, -0.2) is 0 Å². The Balaban J connectivity index is 1.68. The fourth-order valence-corrected chi connectivity index (χ4v) is 3.27. The molecule has 2 rings (SSSR count).